The molecule has 1 aliphatic rings. The highest BCUT2D eigenvalue weighted by Crippen LogP contribution is 2.19. The lowest BCUT2D eigenvalue weighted by Gasteiger charge is -2.24. The van der Waals surface area contributed by atoms with Crippen LogP contribution in [0.1, 0.15) is 39.0 Å². The second-order valence-corrected chi connectivity index (χ2v) is 4.99. The highest BCUT2D eigenvalue weighted by molar-refractivity contribution is 5.82. The maximum Gasteiger partial charge on any atom is 0.326 e. The molecule has 0 saturated heterocycles. The number of nitrogens with one attached hydrogen (secondary N) is 1. The van der Waals surface area contributed by atoms with Crippen LogP contribution in [0, 0.1) is 0 Å². The Labute approximate surface area is 114 Å². The van der Waals surface area contributed by atoms with Gasteiger partial charge in [-0.15, -0.1) is 0 Å². The van der Waals surface area contributed by atoms with Gasteiger partial charge in [0.25, 0.3) is 0 Å². The van der Waals surface area contributed by atoms with E-state index in [1.165, 1.54) is 38.1 Å². The molecule has 6 heteroatoms. The van der Waals surface area contributed by atoms with E-state index >= 15 is 0 Å². The van der Waals surface area contributed by atoms with Gasteiger partial charge in [-0.2, -0.15) is 0 Å². The van der Waals surface area contributed by atoms with E-state index in [4.69, 9.17) is 9.84 Å². The molecule has 6 nitrogen and oxygen atoms in total. The fourth-order valence-electron chi connectivity index (χ4n) is 2.08. The number of carbonyl (C=O) groups is 2. The molecule has 2 N–H and O–H groups in total. The van der Waals surface area contributed by atoms with Gasteiger partial charge in [0.1, 0.15) is 6.04 Å². The second-order valence-electron chi connectivity index (χ2n) is 4.99. The lowest BCUT2D eigenvalue weighted by molar-refractivity contribution is -0.141. The zero-order valence-electron chi connectivity index (χ0n) is 11.7. The van der Waals surface area contributed by atoms with Crippen LogP contribution in [0.5, 0.6) is 0 Å². The Hall–Kier alpha value is -1.30. The molecule has 0 heterocycles. The average molecular weight is 272 g/mol. The number of ether oxygens (including phenoxy) is 1. The first-order valence-corrected chi connectivity index (χ1v) is 6.87. The Morgan fingerprint density at radius 2 is 2.00 bits per heavy atom. The summed E-state index contributed by atoms with van der Waals surface area (Å²) in [4.78, 5) is 23.5. The fraction of sp³-hybridized carbons (Fsp3) is 0.846. The van der Waals surface area contributed by atoms with Crippen LogP contribution in [-0.4, -0.2) is 54.4 Å². The molecule has 1 atom stereocenters. The van der Waals surface area contributed by atoms with Crippen molar-refractivity contribution in [3.05, 3.63) is 0 Å². The summed E-state index contributed by atoms with van der Waals surface area (Å²) in [7, 11) is 1.47. The smallest absolute Gasteiger partial charge is 0.326 e. The molecule has 0 aliphatic heterocycles. The zero-order valence-corrected chi connectivity index (χ0v) is 11.7. The molecule has 1 rings (SSSR count). The average Bonchev–Trinajstić information content (AvgIpc) is 2.42. The van der Waals surface area contributed by atoms with Crippen molar-refractivity contribution in [3.63, 3.8) is 0 Å². The number of urea groups is 1. The third kappa shape index (κ3) is 5.46. The van der Waals surface area contributed by atoms with Crippen molar-refractivity contribution in [2.45, 2.75) is 51.2 Å². The Kier molecular flexibility index (Phi) is 6.62. The Balaban J connectivity index is 2.14. The number of aliphatic carboxylic acids is 1. The molecule has 0 radical (unpaired) electrons. The van der Waals surface area contributed by atoms with E-state index in [1.807, 2.05) is 0 Å². The first kappa shape index (κ1) is 15.8. The fourth-order valence-corrected chi connectivity index (χ4v) is 2.08. The third-order valence-corrected chi connectivity index (χ3v) is 3.54. The zero-order chi connectivity index (χ0) is 14.3. The summed E-state index contributed by atoms with van der Waals surface area (Å²) in [5.74, 6) is -1.02. The van der Waals surface area contributed by atoms with E-state index in [2.05, 4.69) is 5.32 Å². The molecule has 2 amide bonds. The van der Waals surface area contributed by atoms with Gasteiger partial charge in [-0.05, 0) is 19.8 Å². The van der Waals surface area contributed by atoms with Gasteiger partial charge < -0.3 is 20.1 Å². The van der Waals surface area contributed by atoms with Crippen molar-refractivity contribution in [1.29, 1.82) is 0 Å². The van der Waals surface area contributed by atoms with Gasteiger partial charge in [0.15, 0.2) is 0 Å². The van der Waals surface area contributed by atoms with Gasteiger partial charge in [0, 0.05) is 13.6 Å². The summed E-state index contributed by atoms with van der Waals surface area (Å²) in [6.45, 7) is 2.36. The Bertz CT molecular complexity index is 303. The molecule has 1 aliphatic carbocycles. The normalized spacial score (nSPS) is 17.8. The Morgan fingerprint density at radius 1 is 1.37 bits per heavy atom. The summed E-state index contributed by atoms with van der Waals surface area (Å²) in [6, 6.07) is -1.22. The van der Waals surface area contributed by atoms with E-state index in [0.29, 0.717) is 19.3 Å². The topological polar surface area (TPSA) is 78.9 Å². The SMILES string of the molecule is CC(C(=O)O)N(C)C(=O)NCCOC1CCCCC1. The van der Waals surface area contributed by atoms with E-state index in [-0.39, 0.29) is 6.03 Å². The molecule has 0 aromatic heterocycles. The van der Waals surface area contributed by atoms with Gasteiger partial charge in [-0.25, -0.2) is 9.59 Å². The molecule has 110 valence electrons. The van der Waals surface area contributed by atoms with Crippen LogP contribution < -0.4 is 5.32 Å². The summed E-state index contributed by atoms with van der Waals surface area (Å²) in [6.07, 6.45) is 6.25. The van der Waals surface area contributed by atoms with Gasteiger partial charge in [-0.3, -0.25) is 0 Å². The van der Waals surface area contributed by atoms with E-state index < -0.39 is 12.0 Å². The summed E-state index contributed by atoms with van der Waals surface area (Å²) in [5, 5.41) is 11.5. The van der Waals surface area contributed by atoms with Crippen LogP contribution in [-0.2, 0) is 9.53 Å². The second kappa shape index (κ2) is 7.99. The van der Waals surface area contributed by atoms with Crippen molar-refractivity contribution < 1.29 is 19.4 Å². The molecule has 19 heavy (non-hydrogen) atoms. The number of nitrogens with zero attached hydrogens (tertiary/aromatic N) is 1. The van der Waals surface area contributed by atoms with Gasteiger partial charge in [0.05, 0.1) is 12.7 Å². The number of carbonyl (C=O) groups excluding carboxylic acids is 1. The maximum absolute atomic E-state index is 11.6. The molecule has 0 aromatic carbocycles. The largest absolute Gasteiger partial charge is 0.480 e. The van der Waals surface area contributed by atoms with Gasteiger partial charge >= 0.3 is 12.0 Å². The maximum atomic E-state index is 11.6. The van der Waals surface area contributed by atoms with Crippen molar-refractivity contribution in [2.75, 3.05) is 20.2 Å². The standard InChI is InChI=1S/C13H24N2O4/c1-10(12(16)17)15(2)13(18)14-8-9-19-11-6-4-3-5-7-11/h10-11H,3-9H2,1-2H3,(H,14,18)(H,16,17). The number of amides is 2. The lowest BCUT2D eigenvalue weighted by Crippen LogP contribution is -2.46. The van der Waals surface area contributed by atoms with E-state index in [0.717, 1.165) is 12.8 Å². The number of carboxylic acids is 1. The number of hydrogen-bond acceptors (Lipinski definition) is 3. The molecule has 0 spiro atoms. The number of carboxylic acid groups (broad SMARTS) is 1. The van der Waals surface area contributed by atoms with Gasteiger partial charge in [0.2, 0.25) is 0 Å². The monoisotopic (exact) mass is 272 g/mol. The van der Waals surface area contributed by atoms with Crippen LogP contribution in [0.2, 0.25) is 0 Å². The summed E-state index contributed by atoms with van der Waals surface area (Å²) >= 11 is 0. The van der Waals surface area contributed by atoms with Crippen LogP contribution in [0.4, 0.5) is 4.79 Å². The van der Waals surface area contributed by atoms with Crippen LogP contribution in [0.3, 0.4) is 0 Å². The summed E-state index contributed by atoms with van der Waals surface area (Å²) in [5.41, 5.74) is 0. The minimum Gasteiger partial charge on any atom is -0.480 e. The van der Waals surface area contributed by atoms with Crippen LogP contribution in [0.25, 0.3) is 0 Å². The van der Waals surface area contributed by atoms with Crippen molar-refractivity contribution in [1.82, 2.24) is 10.2 Å². The van der Waals surface area contributed by atoms with E-state index in [9.17, 15) is 9.59 Å². The van der Waals surface area contributed by atoms with Crippen molar-refractivity contribution in [2.24, 2.45) is 0 Å². The first-order valence-electron chi connectivity index (χ1n) is 6.87. The predicted octanol–water partition coefficient (Wildman–Crippen LogP) is 1.45. The predicted molar refractivity (Wildman–Crippen MR) is 71.1 cm³/mol. The molecule has 0 bridgehead atoms. The highest BCUT2D eigenvalue weighted by atomic mass is 16.5. The molecular formula is C13H24N2O4. The third-order valence-electron chi connectivity index (χ3n) is 3.54. The van der Waals surface area contributed by atoms with Gasteiger partial charge in [-0.1, -0.05) is 19.3 Å². The molecule has 1 fully saturated rings. The number of rotatable bonds is 6. The molecule has 0 aromatic rings. The summed E-state index contributed by atoms with van der Waals surface area (Å²) < 4.78 is 5.67. The lowest BCUT2D eigenvalue weighted by atomic mass is 9.98. The minimum atomic E-state index is -1.02. The molecule has 1 saturated carbocycles. The first-order chi connectivity index (χ1) is 9.02. The minimum absolute atomic E-state index is 0.321. The number of hydrogen-bond donors (Lipinski definition) is 2. The highest BCUT2D eigenvalue weighted by Gasteiger charge is 2.21. The van der Waals surface area contributed by atoms with E-state index in [1.54, 1.807) is 0 Å². The molecule has 1 unspecified atom stereocenters. The quantitative estimate of drug-likeness (QED) is 0.717. The molecular weight excluding hydrogens is 248 g/mol. The van der Waals surface area contributed by atoms with Crippen LogP contribution in [0.15, 0.2) is 0 Å². The van der Waals surface area contributed by atoms with Crippen LogP contribution >= 0.6 is 0 Å². The van der Waals surface area contributed by atoms with Crippen molar-refractivity contribution in [3.8, 4) is 0 Å². The van der Waals surface area contributed by atoms with Crippen molar-refractivity contribution >= 4 is 12.0 Å². The Morgan fingerprint density at radius 3 is 2.58 bits per heavy atom. The number of likely N-dealkylation sites (N-methyl/N-ethyl adjacent to an activating group) is 1.